The summed E-state index contributed by atoms with van der Waals surface area (Å²) in [6.07, 6.45) is 0. The van der Waals surface area contributed by atoms with Crippen LogP contribution in [0.15, 0.2) is 221 Å². The van der Waals surface area contributed by atoms with E-state index in [0.717, 1.165) is 72.7 Å². The summed E-state index contributed by atoms with van der Waals surface area (Å²) in [6, 6.07) is 75.4. The van der Waals surface area contributed by atoms with Crippen molar-refractivity contribution in [1.82, 2.24) is 4.98 Å². The summed E-state index contributed by atoms with van der Waals surface area (Å²) in [4.78, 5) is 9.73. The molecule has 0 atom stereocenters. The van der Waals surface area contributed by atoms with Gasteiger partial charge in [-0.25, -0.2) is 4.98 Å². The second kappa shape index (κ2) is 14.3. The molecule has 2 aromatic heterocycles. The Balaban J connectivity index is 0.912. The van der Waals surface area contributed by atoms with E-state index in [2.05, 4.69) is 224 Å². The van der Waals surface area contributed by atoms with Crippen LogP contribution >= 0.6 is 0 Å². The zero-order valence-electron chi connectivity index (χ0n) is 35.9. The lowest BCUT2D eigenvalue weighted by atomic mass is 9.81. The van der Waals surface area contributed by atoms with E-state index in [9.17, 15) is 0 Å². The number of anilines is 6. The average molecular weight is 836 g/mol. The zero-order chi connectivity index (χ0) is 43.2. The van der Waals surface area contributed by atoms with E-state index in [1.54, 1.807) is 0 Å². The molecule has 13 rings (SSSR count). The molecule has 0 aliphatic heterocycles. The fourth-order valence-corrected chi connectivity index (χ4v) is 10.2. The van der Waals surface area contributed by atoms with Crippen LogP contribution in [0.5, 0.6) is 0 Å². The highest BCUT2D eigenvalue weighted by atomic mass is 16.3. The number of hydrogen-bond donors (Lipinski definition) is 0. The van der Waals surface area contributed by atoms with Crippen molar-refractivity contribution in [3.05, 3.63) is 223 Å². The predicted octanol–water partition coefficient (Wildman–Crippen LogP) is 16.9. The van der Waals surface area contributed by atoms with Gasteiger partial charge in [-0.2, -0.15) is 0 Å². The van der Waals surface area contributed by atoms with Crippen molar-refractivity contribution < 1.29 is 8.83 Å². The molecule has 5 nitrogen and oxygen atoms in total. The lowest BCUT2D eigenvalue weighted by Crippen LogP contribution is -2.14. The Hall–Kier alpha value is -8.41. The van der Waals surface area contributed by atoms with Crippen LogP contribution in [-0.4, -0.2) is 4.98 Å². The Kier molecular flexibility index (Phi) is 8.18. The molecule has 2 heterocycles. The molecule has 10 aromatic carbocycles. The first-order valence-corrected chi connectivity index (χ1v) is 22.2. The van der Waals surface area contributed by atoms with Crippen molar-refractivity contribution in [2.45, 2.75) is 19.3 Å². The standard InChI is InChI=1S/C60H41N3O2/c1-60(2)53-32-40-25-24-38-14-9-10-21-47(38)49(40)35-50(53)51-36-58-55(37-54(51)60)61-59(65-58)39-26-28-43(29-27-39)63(46-30-31-57-52(34-46)48-22-11-12-23-56(48)64-57)45-20-13-19-44(33-45)62(41-15-5-3-6-16-41)42-17-7-4-8-18-42/h3-37H,1-2H3. The van der Waals surface area contributed by atoms with Gasteiger partial charge in [-0.15, -0.1) is 0 Å². The Morgan fingerprint density at radius 1 is 0.369 bits per heavy atom. The Labute approximate surface area is 376 Å². The summed E-state index contributed by atoms with van der Waals surface area (Å²) >= 11 is 0. The first-order chi connectivity index (χ1) is 31.9. The average Bonchev–Trinajstić information content (AvgIpc) is 4.01. The van der Waals surface area contributed by atoms with Crippen LogP contribution < -0.4 is 9.80 Å². The summed E-state index contributed by atoms with van der Waals surface area (Å²) in [7, 11) is 0. The van der Waals surface area contributed by atoms with Gasteiger partial charge in [-0.1, -0.05) is 111 Å². The summed E-state index contributed by atoms with van der Waals surface area (Å²) in [5, 5.41) is 7.21. The van der Waals surface area contributed by atoms with Gasteiger partial charge < -0.3 is 18.6 Å². The van der Waals surface area contributed by atoms with Crippen LogP contribution in [0.4, 0.5) is 34.1 Å². The third-order valence-corrected chi connectivity index (χ3v) is 13.4. The van der Waals surface area contributed by atoms with Gasteiger partial charge in [0.15, 0.2) is 5.58 Å². The van der Waals surface area contributed by atoms with Gasteiger partial charge in [0.1, 0.15) is 16.7 Å². The van der Waals surface area contributed by atoms with E-state index in [1.807, 2.05) is 12.1 Å². The van der Waals surface area contributed by atoms with Gasteiger partial charge in [0, 0.05) is 55.9 Å². The number of hydrogen-bond acceptors (Lipinski definition) is 5. The molecule has 0 saturated carbocycles. The van der Waals surface area contributed by atoms with Crippen molar-refractivity contribution >= 4 is 88.7 Å². The van der Waals surface area contributed by atoms with E-state index in [4.69, 9.17) is 13.8 Å². The Bertz CT molecular complexity index is 3770. The zero-order valence-corrected chi connectivity index (χ0v) is 35.9. The molecule has 12 aromatic rings. The van der Waals surface area contributed by atoms with Gasteiger partial charge in [0.05, 0.1) is 0 Å². The lowest BCUT2D eigenvalue weighted by Gasteiger charge is -2.29. The maximum atomic E-state index is 6.66. The third kappa shape index (κ3) is 5.97. The predicted molar refractivity (Wildman–Crippen MR) is 269 cm³/mol. The number of aromatic nitrogens is 1. The highest BCUT2D eigenvalue weighted by Crippen LogP contribution is 2.52. The monoisotopic (exact) mass is 835 g/mol. The normalized spacial score (nSPS) is 12.9. The summed E-state index contributed by atoms with van der Waals surface area (Å²) < 4.78 is 12.9. The molecule has 1 aliphatic rings. The molecule has 1 aliphatic carbocycles. The van der Waals surface area contributed by atoms with Gasteiger partial charge in [-0.05, 0) is 159 Å². The van der Waals surface area contributed by atoms with E-state index >= 15 is 0 Å². The SMILES string of the molecule is CC1(C)c2cc3ccc4ccccc4c3cc2-c2cc3oc(-c4ccc(N(c5cccc(N(c6ccccc6)c6ccccc6)c5)c5ccc6oc7ccccc7c6c5)cc4)nc3cc21. The first-order valence-electron chi connectivity index (χ1n) is 22.2. The fourth-order valence-electron chi connectivity index (χ4n) is 10.2. The highest BCUT2D eigenvalue weighted by molar-refractivity contribution is 6.10. The van der Waals surface area contributed by atoms with Gasteiger partial charge >= 0.3 is 0 Å². The smallest absolute Gasteiger partial charge is 0.227 e. The third-order valence-electron chi connectivity index (χ3n) is 13.4. The number of rotatable bonds is 7. The van der Waals surface area contributed by atoms with E-state index in [1.165, 1.54) is 43.8 Å². The van der Waals surface area contributed by atoms with Crippen LogP contribution in [0.2, 0.25) is 0 Å². The van der Waals surface area contributed by atoms with Crippen molar-refractivity contribution in [2.75, 3.05) is 9.80 Å². The van der Waals surface area contributed by atoms with E-state index in [0.29, 0.717) is 5.89 Å². The molecule has 308 valence electrons. The van der Waals surface area contributed by atoms with Crippen LogP contribution in [0, 0.1) is 0 Å². The topological polar surface area (TPSA) is 45.7 Å². The molecule has 0 N–H and O–H groups in total. The Morgan fingerprint density at radius 2 is 0.938 bits per heavy atom. The summed E-state index contributed by atoms with van der Waals surface area (Å²) in [5.41, 5.74) is 15.4. The minimum atomic E-state index is -0.189. The lowest BCUT2D eigenvalue weighted by molar-refractivity contribution is 0.619. The molecule has 0 radical (unpaired) electrons. The van der Waals surface area contributed by atoms with Gasteiger partial charge in [-0.3, -0.25) is 0 Å². The van der Waals surface area contributed by atoms with Crippen molar-refractivity contribution in [1.29, 1.82) is 0 Å². The molecule has 5 heteroatoms. The molecular weight excluding hydrogens is 795 g/mol. The van der Waals surface area contributed by atoms with Crippen LogP contribution in [0.3, 0.4) is 0 Å². The molecule has 0 amide bonds. The molecule has 0 unspecified atom stereocenters. The maximum absolute atomic E-state index is 6.66. The van der Waals surface area contributed by atoms with Crippen LogP contribution in [0.1, 0.15) is 25.0 Å². The highest BCUT2D eigenvalue weighted by Gasteiger charge is 2.37. The molecular formula is C60H41N3O2. The summed E-state index contributed by atoms with van der Waals surface area (Å²) in [5.74, 6) is 0.596. The maximum Gasteiger partial charge on any atom is 0.227 e. The molecule has 0 fully saturated rings. The minimum Gasteiger partial charge on any atom is -0.456 e. The quantitative estimate of drug-likeness (QED) is 0.150. The van der Waals surface area contributed by atoms with E-state index in [-0.39, 0.29) is 5.41 Å². The number of benzene rings is 10. The van der Waals surface area contributed by atoms with Gasteiger partial charge in [0.25, 0.3) is 0 Å². The minimum absolute atomic E-state index is 0.189. The number of oxazole rings is 1. The molecule has 0 saturated heterocycles. The second-order valence-corrected chi connectivity index (χ2v) is 17.6. The summed E-state index contributed by atoms with van der Waals surface area (Å²) in [6.45, 7) is 4.65. The Morgan fingerprint density at radius 3 is 1.71 bits per heavy atom. The van der Waals surface area contributed by atoms with Crippen molar-refractivity contribution in [3.63, 3.8) is 0 Å². The van der Waals surface area contributed by atoms with Crippen molar-refractivity contribution in [2.24, 2.45) is 0 Å². The number of para-hydroxylation sites is 3. The molecule has 65 heavy (non-hydrogen) atoms. The largest absolute Gasteiger partial charge is 0.456 e. The molecule has 0 spiro atoms. The van der Waals surface area contributed by atoms with Crippen molar-refractivity contribution in [3.8, 4) is 22.6 Å². The number of fused-ring (bicyclic) bond motifs is 10. The number of nitrogens with zero attached hydrogens (tertiary/aromatic N) is 3. The second-order valence-electron chi connectivity index (χ2n) is 17.6. The fraction of sp³-hybridized carbons (Fsp3) is 0.0500. The molecule has 0 bridgehead atoms. The number of furan rings is 1. The van der Waals surface area contributed by atoms with Crippen LogP contribution in [0.25, 0.3) is 77.2 Å². The first kappa shape index (κ1) is 37.2. The van der Waals surface area contributed by atoms with E-state index < -0.39 is 0 Å². The van der Waals surface area contributed by atoms with Gasteiger partial charge in [0.2, 0.25) is 5.89 Å². The van der Waals surface area contributed by atoms with Crippen LogP contribution in [-0.2, 0) is 5.41 Å².